The first-order valence-electron chi connectivity index (χ1n) is 6.35. The molecule has 0 aromatic carbocycles. The predicted octanol–water partition coefficient (Wildman–Crippen LogP) is 3.02. The number of rotatable bonds is 3. The van der Waals surface area contributed by atoms with Gasteiger partial charge in [-0.25, -0.2) is 0 Å². The van der Waals surface area contributed by atoms with Gasteiger partial charge in [-0.2, -0.15) is 16.7 Å². The lowest BCUT2D eigenvalue weighted by atomic mass is 10.1. The molecule has 4 nitrogen and oxygen atoms in total. The number of thioether (sulfide) groups is 2. The smallest absolute Gasteiger partial charge is 0.243 e. The maximum atomic E-state index is 6.02. The van der Waals surface area contributed by atoms with Crippen LogP contribution in [-0.2, 0) is 0 Å². The molecular weight excluding hydrogens is 266 g/mol. The van der Waals surface area contributed by atoms with Gasteiger partial charge in [0, 0.05) is 16.3 Å². The molecule has 0 saturated carbocycles. The van der Waals surface area contributed by atoms with Gasteiger partial charge in [-0.15, -0.1) is 11.8 Å². The van der Waals surface area contributed by atoms with Crippen molar-refractivity contribution in [2.45, 2.75) is 49.5 Å². The van der Waals surface area contributed by atoms with Gasteiger partial charge in [0.1, 0.15) is 0 Å². The molecule has 2 heterocycles. The Morgan fingerprint density at radius 2 is 2.06 bits per heavy atom. The molecule has 1 aromatic rings. The van der Waals surface area contributed by atoms with E-state index in [4.69, 9.17) is 10.3 Å². The quantitative estimate of drug-likeness (QED) is 0.922. The molecule has 1 aliphatic heterocycles. The first-order valence-corrected chi connectivity index (χ1v) is 8.34. The van der Waals surface area contributed by atoms with Crippen molar-refractivity contribution in [2.24, 2.45) is 11.7 Å². The third-order valence-electron chi connectivity index (χ3n) is 3.30. The van der Waals surface area contributed by atoms with Crippen molar-refractivity contribution in [3.05, 3.63) is 11.7 Å². The molecule has 18 heavy (non-hydrogen) atoms. The first-order chi connectivity index (χ1) is 8.49. The molecule has 1 saturated heterocycles. The van der Waals surface area contributed by atoms with Crippen molar-refractivity contribution in [3.63, 3.8) is 0 Å². The predicted molar refractivity (Wildman–Crippen MR) is 77.8 cm³/mol. The van der Waals surface area contributed by atoms with Gasteiger partial charge < -0.3 is 10.3 Å². The average molecular weight is 287 g/mol. The maximum Gasteiger partial charge on any atom is 0.243 e. The van der Waals surface area contributed by atoms with Crippen LogP contribution in [0.1, 0.15) is 50.7 Å². The van der Waals surface area contributed by atoms with E-state index in [9.17, 15) is 0 Å². The molecule has 0 radical (unpaired) electrons. The van der Waals surface area contributed by atoms with Crippen LogP contribution in [0.2, 0.25) is 0 Å². The third kappa shape index (κ3) is 3.03. The number of nitrogens with zero attached hydrogens (tertiary/aromatic N) is 2. The molecule has 0 aliphatic carbocycles. The topological polar surface area (TPSA) is 64.9 Å². The lowest BCUT2D eigenvalue weighted by molar-refractivity contribution is 0.322. The molecule has 0 bridgehead atoms. The summed E-state index contributed by atoms with van der Waals surface area (Å²) in [6.45, 7) is 8.65. The zero-order valence-corrected chi connectivity index (χ0v) is 12.9. The highest BCUT2D eigenvalue weighted by molar-refractivity contribution is 8.07. The maximum absolute atomic E-state index is 6.02. The van der Waals surface area contributed by atoms with Crippen LogP contribution < -0.4 is 5.73 Å². The number of nitrogens with two attached hydrogens (primary N) is 1. The van der Waals surface area contributed by atoms with Gasteiger partial charge in [0.25, 0.3) is 0 Å². The zero-order chi connectivity index (χ0) is 13.3. The summed E-state index contributed by atoms with van der Waals surface area (Å²) in [4.78, 5) is 4.48. The van der Waals surface area contributed by atoms with Crippen molar-refractivity contribution in [2.75, 3.05) is 5.75 Å². The second-order valence-electron chi connectivity index (χ2n) is 5.13. The molecule has 3 unspecified atom stereocenters. The molecule has 1 aromatic heterocycles. The van der Waals surface area contributed by atoms with E-state index in [0.717, 1.165) is 11.6 Å². The van der Waals surface area contributed by atoms with Crippen LogP contribution in [0, 0.1) is 5.92 Å². The van der Waals surface area contributed by atoms with Crippen molar-refractivity contribution < 1.29 is 4.52 Å². The summed E-state index contributed by atoms with van der Waals surface area (Å²) in [5, 5.41) is 5.74. The Kier molecular flexibility index (Phi) is 4.61. The van der Waals surface area contributed by atoms with E-state index in [-0.39, 0.29) is 6.04 Å². The van der Waals surface area contributed by atoms with Gasteiger partial charge in [0.05, 0.1) is 11.3 Å². The van der Waals surface area contributed by atoms with Crippen LogP contribution in [0.4, 0.5) is 0 Å². The molecule has 2 N–H and O–H groups in total. The largest absolute Gasteiger partial charge is 0.338 e. The second-order valence-corrected chi connectivity index (χ2v) is 8.12. The number of aromatic nitrogens is 2. The molecule has 0 amide bonds. The van der Waals surface area contributed by atoms with Crippen LogP contribution in [0.3, 0.4) is 0 Å². The third-order valence-corrected chi connectivity index (χ3v) is 6.69. The van der Waals surface area contributed by atoms with Gasteiger partial charge in [-0.3, -0.25) is 0 Å². The van der Waals surface area contributed by atoms with Crippen LogP contribution in [0.5, 0.6) is 0 Å². The van der Waals surface area contributed by atoms with Crippen molar-refractivity contribution in [1.82, 2.24) is 10.1 Å². The molecule has 4 atom stereocenters. The Morgan fingerprint density at radius 1 is 1.33 bits per heavy atom. The van der Waals surface area contributed by atoms with Crippen molar-refractivity contribution >= 4 is 23.5 Å². The van der Waals surface area contributed by atoms with Crippen LogP contribution in [0.15, 0.2) is 4.52 Å². The SMILES string of the molecule is CC1SCC(c2noc([C@@H](N)C(C)C)n2)SC1C. The lowest BCUT2D eigenvalue weighted by Crippen LogP contribution is -2.22. The minimum atomic E-state index is -0.163. The molecular formula is C12H21N3OS2. The van der Waals surface area contributed by atoms with E-state index in [1.807, 2.05) is 23.5 Å². The molecule has 6 heteroatoms. The van der Waals surface area contributed by atoms with E-state index in [2.05, 4.69) is 37.8 Å². The van der Waals surface area contributed by atoms with Crippen LogP contribution >= 0.6 is 23.5 Å². The van der Waals surface area contributed by atoms with Gasteiger partial charge in [0.15, 0.2) is 5.82 Å². The lowest BCUT2D eigenvalue weighted by Gasteiger charge is -2.29. The minimum absolute atomic E-state index is 0.163. The van der Waals surface area contributed by atoms with E-state index >= 15 is 0 Å². The summed E-state index contributed by atoms with van der Waals surface area (Å²) in [6, 6.07) is -0.163. The molecule has 1 fully saturated rings. The molecule has 2 rings (SSSR count). The minimum Gasteiger partial charge on any atom is -0.338 e. The number of hydrogen-bond donors (Lipinski definition) is 1. The highest BCUT2D eigenvalue weighted by Gasteiger charge is 2.30. The van der Waals surface area contributed by atoms with Gasteiger partial charge >= 0.3 is 0 Å². The Morgan fingerprint density at radius 3 is 2.67 bits per heavy atom. The highest BCUT2D eigenvalue weighted by Crippen LogP contribution is 2.43. The summed E-state index contributed by atoms with van der Waals surface area (Å²) in [5.74, 6) is 2.73. The normalized spacial score (nSPS) is 30.7. The molecule has 1 aliphatic rings. The van der Waals surface area contributed by atoms with Gasteiger partial charge in [-0.1, -0.05) is 32.9 Å². The summed E-state index contributed by atoms with van der Waals surface area (Å²) in [7, 11) is 0. The Labute approximate surface area is 117 Å². The van der Waals surface area contributed by atoms with Crippen LogP contribution in [0.25, 0.3) is 0 Å². The standard InChI is InChI=1S/C12H21N3OS2/c1-6(2)10(13)12-14-11(15-16-12)9-5-17-7(3)8(4)18-9/h6-10H,5,13H2,1-4H3/t7?,8?,9?,10-/m0/s1. The first kappa shape index (κ1) is 14.2. The van der Waals surface area contributed by atoms with Gasteiger partial charge in [-0.05, 0) is 5.92 Å². The van der Waals surface area contributed by atoms with E-state index in [1.165, 1.54) is 0 Å². The second kappa shape index (κ2) is 5.84. The molecule has 0 spiro atoms. The highest BCUT2D eigenvalue weighted by atomic mass is 32.2. The zero-order valence-electron chi connectivity index (χ0n) is 11.3. The fourth-order valence-corrected chi connectivity index (χ4v) is 4.55. The fourth-order valence-electron chi connectivity index (χ4n) is 1.72. The number of hydrogen-bond acceptors (Lipinski definition) is 6. The summed E-state index contributed by atoms with van der Waals surface area (Å²) < 4.78 is 5.29. The monoisotopic (exact) mass is 287 g/mol. The fraction of sp³-hybridized carbons (Fsp3) is 0.833. The average Bonchev–Trinajstić information content (AvgIpc) is 2.81. The van der Waals surface area contributed by atoms with Crippen LogP contribution in [-0.4, -0.2) is 26.4 Å². The van der Waals surface area contributed by atoms with Crippen molar-refractivity contribution in [3.8, 4) is 0 Å². The summed E-state index contributed by atoms with van der Waals surface area (Å²) in [5.41, 5.74) is 6.02. The Balaban J connectivity index is 2.06. The summed E-state index contributed by atoms with van der Waals surface area (Å²) >= 11 is 3.91. The Hall–Kier alpha value is -0.200. The summed E-state index contributed by atoms with van der Waals surface area (Å²) in [6.07, 6.45) is 0. The van der Waals surface area contributed by atoms with E-state index < -0.39 is 0 Å². The van der Waals surface area contributed by atoms with E-state index in [1.54, 1.807) is 0 Å². The van der Waals surface area contributed by atoms with Crippen molar-refractivity contribution in [1.29, 1.82) is 0 Å². The van der Waals surface area contributed by atoms with Gasteiger partial charge in [0.2, 0.25) is 5.89 Å². The molecule has 102 valence electrons. The van der Waals surface area contributed by atoms with E-state index in [0.29, 0.717) is 27.6 Å². The Bertz CT molecular complexity index is 396.